The number of nitrogens with zero attached hydrogens (tertiary/aromatic N) is 3. The average Bonchev–Trinajstić information content (AvgIpc) is 2.93. The number of nitrogen functional groups attached to an aromatic ring is 1. The largest absolute Gasteiger partial charge is 0.375 e. The van der Waals surface area contributed by atoms with Crippen LogP contribution in [-0.2, 0) is 4.79 Å². The first-order chi connectivity index (χ1) is 12.3. The minimum absolute atomic E-state index is 0.0430. The van der Waals surface area contributed by atoms with Crippen molar-refractivity contribution >= 4 is 28.3 Å². The highest BCUT2D eigenvalue weighted by Crippen LogP contribution is 2.39. The number of aromatic nitrogens is 1. The summed E-state index contributed by atoms with van der Waals surface area (Å²) in [5.74, 6) is 0.900. The van der Waals surface area contributed by atoms with Crippen molar-refractivity contribution in [3.8, 4) is 0 Å². The Morgan fingerprint density at radius 1 is 1.35 bits per heavy atom. The Labute approximate surface area is 159 Å². The van der Waals surface area contributed by atoms with Crippen molar-refractivity contribution in [1.82, 2.24) is 14.8 Å². The molecule has 7 heteroatoms. The van der Waals surface area contributed by atoms with Gasteiger partial charge in [0.15, 0.2) is 5.13 Å². The molecule has 1 aromatic rings. The van der Waals surface area contributed by atoms with Crippen molar-refractivity contribution in [1.29, 1.82) is 0 Å². The molecule has 26 heavy (non-hydrogen) atoms. The Morgan fingerprint density at radius 2 is 2.12 bits per heavy atom. The zero-order valence-electron chi connectivity index (χ0n) is 16.1. The molecule has 1 unspecified atom stereocenters. The molecule has 1 aromatic heterocycles. The quantitative estimate of drug-likeness (QED) is 0.874. The number of carbonyl (C=O) groups is 2. The summed E-state index contributed by atoms with van der Waals surface area (Å²) in [6.07, 6.45) is 4.60. The summed E-state index contributed by atoms with van der Waals surface area (Å²) >= 11 is 1.27. The summed E-state index contributed by atoms with van der Waals surface area (Å²) < 4.78 is 0. The molecule has 0 radical (unpaired) electrons. The van der Waals surface area contributed by atoms with E-state index in [-0.39, 0.29) is 17.2 Å². The molecule has 3 heterocycles. The molecule has 0 bridgehead atoms. The fraction of sp³-hybridized carbons (Fsp3) is 0.737. The van der Waals surface area contributed by atoms with Gasteiger partial charge in [-0.15, -0.1) is 0 Å². The van der Waals surface area contributed by atoms with Crippen LogP contribution in [0.4, 0.5) is 5.13 Å². The summed E-state index contributed by atoms with van der Waals surface area (Å²) in [5, 5.41) is 0.445. The van der Waals surface area contributed by atoms with E-state index < -0.39 is 0 Å². The third-order valence-electron chi connectivity index (χ3n) is 5.68. The molecule has 6 nitrogen and oxygen atoms in total. The Kier molecular flexibility index (Phi) is 5.55. The van der Waals surface area contributed by atoms with Crippen molar-refractivity contribution < 1.29 is 9.59 Å². The second-order valence-corrected chi connectivity index (χ2v) is 9.33. The number of amides is 2. The molecule has 2 aliphatic heterocycles. The molecular formula is C19H30N4O2S. The van der Waals surface area contributed by atoms with E-state index in [9.17, 15) is 9.59 Å². The number of nitrogens with two attached hydrogens (primary N) is 1. The van der Waals surface area contributed by atoms with Crippen LogP contribution in [0.5, 0.6) is 0 Å². The average molecular weight is 379 g/mol. The number of piperidine rings is 2. The maximum Gasteiger partial charge on any atom is 0.265 e. The number of carbonyl (C=O) groups excluding carboxylic acids is 2. The van der Waals surface area contributed by atoms with Gasteiger partial charge in [-0.1, -0.05) is 25.2 Å². The Morgan fingerprint density at radius 3 is 2.77 bits per heavy atom. The minimum Gasteiger partial charge on any atom is -0.375 e. The first-order valence-electron chi connectivity index (χ1n) is 9.60. The molecule has 2 aliphatic rings. The zero-order chi connectivity index (χ0) is 18.9. The third kappa shape index (κ3) is 4.03. The maximum absolute atomic E-state index is 13.0. The van der Waals surface area contributed by atoms with Crippen LogP contribution < -0.4 is 5.73 Å². The highest BCUT2D eigenvalue weighted by atomic mass is 32.1. The molecule has 0 aliphatic carbocycles. The van der Waals surface area contributed by atoms with E-state index in [4.69, 9.17) is 5.73 Å². The minimum atomic E-state index is 0.0430. The molecule has 0 saturated carbocycles. The molecule has 3 rings (SSSR count). The van der Waals surface area contributed by atoms with E-state index in [1.165, 1.54) is 11.3 Å². The predicted octanol–water partition coefficient (Wildman–Crippen LogP) is 2.92. The Bertz CT molecular complexity index is 687. The van der Waals surface area contributed by atoms with Gasteiger partial charge in [-0.2, -0.15) is 0 Å². The third-order valence-corrected chi connectivity index (χ3v) is 6.66. The van der Waals surface area contributed by atoms with E-state index in [2.05, 4.69) is 18.8 Å². The van der Waals surface area contributed by atoms with Gasteiger partial charge in [0.05, 0.1) is 5.69 Å². The van der Waals surface area contributed by atoms with Gasteiger partial charge >= 0.3 is 0 Å². The van der Waals surface area contributed by atoms with Crippen molar-refractivity contribution in [3.05, 3.63) is 10.6 Å². The van der Waals surface area contributed by atoms with E-state index >= 15 is 0 Å². The molecule has 2 amide bonds. The van der Waals surface area contributed by atoms with Gasteiger partial charge in [0.2, 0.25) is 5.91 Å². The number of rotatable bonds is 4. The van der Waals surface area contributed by atoms with Gasteiger partial charge < -0.3 is 15.5 Å². The summed E-state index contributed by atoms with van der Waals surface area (Å²) in [4.78, 5) is 34.2. The second kappa shape index (κ2) is 7.55. The Balaban J connectivity index is 1.71. The summed E-state index contributed by atoms with van der Waals surface area (Å²) in [6, 6.07) is 0. The number of likely N-dealkylation sites (tertiary alicyclic amines) is 2. The fourth-order valence-corrected chi connectivity index (χ4v) is 5.00. The summed E-state index contributed by atoms with van der Waals surface area (Å²) in [6.45, 7) is 9.34. The van der Waals surface area contributed by atoms with Crippen LogP contribution in [0.2, 0.25) is 0 Å². The van der Waals surface area contributed by atoms with Gasteiger partial charge in [-0.25, -0.2) is 4.98 Å². The molecule has 144 valence electrons. The van der Waals surface area contributed by atoms with Gasteiger partial charge in [0.1, 0.15) is 4.88 Å². The first kappa shape index (κ1) is 19.1. The number of aryl methyl sites for hydroxylation is 1. The number of hydrogen-bond donors (Lipinski definition) is 1. The predicted molar refractivity (Wildman–Crippen MR) is 104 cm³/mol. The van der Waals surface area contributed by atoms with Crippen molar-refractivity contribution in [2.45, 2.75) is 52.9 Å². The van der Waals surface area contributed by atoms with Crippen LogP contribution in [0.25, 0.3) is 0 Å². The first-order valence-corrected chi connectivity index (χ1v) is 10.4. The lowest BCUT2D eigenvalue weighted by atomic mass is 9.73. The molecule has 0 aromatic carbocycles. The van der Waals surface area contributed by atoms with Crippen LogP contribution >= 0.6 is 11.3 Å². The molecular weight excluding hydrogens is 348 g/mol. The van der Waals surface area contributed by atoms with Crippen molar-refractivity contribution in [3.63, 3.8) is 0 Å². The SMILES string of the molecule is Cc1nc(N)sc1C(=O)N1CCCC2(CCC(=O)N(CCC(C)C)C2)C1. The van der Waals surface area contributed by atoms with E-state index in [1.807, 2.05) is 16.7 Å². The van der Waals surface area contributed by atoms with Gasteiger partial charge in [0.25, 0.3) is 5.91 Å². The number of anilines is 1. The van der Waals surface area contributed by atoms with Crippen LogP contribution in [0, 0.1) is 18.3 Å². The number of thiazole rings is 1. The molecule has 2 saturated heterocycles. The molecule has 1 spiro atoms. The van der Waals surface area contributed by atoms with Gasteiger partial charge in [0, 0.05) is 38.0 Å². The van der Waals surface area contributed by atoms with E-state index in [0.717, 1.165) is 57.6 Å². The maximum atomic E-state index is 13.0. The lowest BCUT2D eigenvalue weighted by Crippen LogP contribution is -2.55. The van der Waals surface area contributed by atoms with Gasteiger partial charge in [-0.05, 0) is 38.5 Å². The normalized spacial score (nSPS) is 23.9. The van der Waals surface area contributed by atoms with Crippen LogP contribution in [0.3, 0.4) is 0 Å². The van der Waals surface area contributed by atoms with Crippen molar-refractivity contribution in [2.24, 2.45) is 11.3 Å². The standard InChI is InChI=1S/C19H30N4O2S/c1-13(2)6-10-22-11-19(8-5-15(22)24)7-4-9-23(12-19)17(25)16-14(3)21-18(20)26-16/h13H,4-12H2,1-3H3,(H2,20,21). The molecule has 1 atom stereocenters. The fourth-order valence-electron chi connectivity index (χ4n) is 4.19. The van der Waals surface area contributed by atoms with Gasteiger partial charge in [-0.3, -0.25) is 9.59 Å². The van der Waals surface area contributed by atoms with Crippen molar-refractivity contribution in [2.75, 3.05) is 31.9 Å². The smallest absolute Gasteiger partial charge is 0.265 e. The topological polar surface area (TPSA) is 79.5 Å². The molecule has 2 N–H and O–H groups in total. The molecule has 2 fully saturated rings. The zero-order valence-corrected chi connectivity index (χ0v) is 16.9. The van der Waals surface area contributed by atoms with Crippen LogP contribution in [0.1, 0.15) is 61.3 Å². The number of hydrogen-bond acceptors (Lipinski definition) is 5. The summed E-state index contributed by atoms with van der Waals surface area (Å²) in [5.41, 5.74) is 6.53. The van der Waals surface area contributed by atoms with Crippen LogP contribution in [-0.4, -0.2) is 52.8 Å². The van der Waals surface area contributed by atoms with E-state index in [1.54, 1.807) is 0 Å². The van der Waals surface area contributed by atoms with Crippen LogP contribution in [0.15, 0.2) is 0 Å². The second-order valence-electron chi connectivity index (χ2n) is 8.29. The highest BCUT2D eigenvalue weighted by molar-refractivity contribution is 7.17. The Hall–Kier alpha value is -1.63. The van der Waals surface area contributed by atoms with E-state index in [0.29, 0.717) is 22.3 Å². The summed E-state index contributed by atoms with van der Waals surface area (Å²) in [7, 11) is 0. The lowest BCUT2D eigenvalue weighted by Gasteiger charge is -2.48. The lowest BCUT2D eigenvalue weighted by molar-refractivity contribution is -0.139. The monoisotopic (exact) mass is 378 g/mol. The highest BCUT2D eigenvalue weighted by Gasteiger charge is 2.43.